The molecule has 0 amide bonds. The molecular formula is C15H25N5S. The van der Waals surface area contributed by atoms with E-state index < -0.39 is 0 Å². The molecule has 6 heteroatoms. The second kappa shape index (κ2) is 6.64. The van der Waals surface area contributed by atoms with Gasteiger partial charge in [-0.25, -0.2) is 0 Å². The number of anilines is 1. The van der Waals surface area contributed by atoms with E-state index in [2.05, 4.69) is 42.8 Å². The fourth-order valence-corrected chi connectivity index (χ4v) is 3.98. The van der Waals surface area contributed by atoms with Crippen molar-refractivity contribution in [2.75, 3.05) is 17.2 Å². The van der Waals surface area contributed by atoms with Gasteiger partial charge in [0.2, 0.25) is 0 Å². The predicted molar refractivity (Wildman–Crippen MR) is 90.5 cm³/mol. The van der Waals surface area contributed by atoms with Crippen molar-refractivity contribution in [2.24, 2.45) is 5.73 Å². The molecule has 2 atom stereocenters. The first kappa shape index (κ1) is 16.1. The number of nitrogens with two attached hydrogens (primary N) is 1. The Kier molecular flexibility index (Phi) is 5.08. The maximum Gasteiger partial charge on any atom is 0.162 e. The average molecular weight is 307 g/mol. The average Bonchev–Trinajstić information content (AvgIpc) is 2.48. The lowest BCUT2D eigenvalue weighted by molar-refractivity contribution is 0.613. The van der Waals surface area contributed by atoms with Gasteiger partial charge in [0.05, 0.1) is 11.3 Å². The molecular weight excluding hydrogens is 282 g/mol. The zero-order chi connectivity index (χ0) is 15.6. The number of aromatic nitrogens is 2. The van der Waals surface area contributed by atoms with Crippen LogP contribution in [-0.4, -0.2) is 39.6 Å². The van der Waals surface area contributed by atoms with Crippen LogP contribution in [0.4, 0.5) is 5.82 Å². The normalized spacial score (nSPS) is 22.4. The van der Waals surface area contributed by atoms with Gasteiger partial charge < -0.3 is 10.6 Å². The molecule has 0 bridgehead atoms. The van der Waals surface area contributed by atoms with Gasteiger partial charge in [0.1, 0.15) is 5.84 Å². The van der Waals surface area contributed by atoms with E-state index in [1.54, 1.807) is 0 Å². The predicted octanol–water partition coefficient (Wildman–Crippen LogP) is 2.22. The molecule has 1 aliphatic rings. The molecule has 2 heterocycles. The molecule has 1 aromatic heterocycles. The van der Waals surface area contributed by atoms with Gasteiger partial charge >= 0.3 is 0 Å². The molecule has 5 nitrogen and oxygen atoms in total. The molecule has 21 heavy (non-hydrogen) atoms. The summed E-state index contributed by atoms with van der Waals surface area (Å²) in [5, 5.41) is 17.4. The third-order valence-corrected chi connectivity index (χ3v) is 5.59. The minimum Gasteiger partial charge on any atom is -0.384 e. The van der Waals surface area contributed by atoms with Crippen molar-refractivity contribution < 1.29 is 0 Å². The zero-order valence-corrected chi connectivity index (χ0v) is 14.1. The Labute approximate surface area is 131 Å². The molecule has 1 aliphatic heterocycles. The molecule has 2 rings (SSSR count). The van der Waals surface area contributed by atoms with Crippen LogP contribution in [0.5, 0.6) is 0 Å². The van der Waals surface area contributed by atoms with E-state index in [4.69, 9.17) is 11.1 Å². The van der Waals surface area contributed by atoms with Crippen LogP contribution in [0.2, 0.25) is 0 Å². The first-order chi connectivity index (χ1) is 10.0. The smallest absolute Gasteiger partial charge is 0.162 e. The summed E-state index contributed by atoms with van der Waals surface area (Å²) < 4.78 is 0. The summed E-state index contributed by atoms with van der Waals surface area (Å²) in [6, 6.07) is 0.369. The van der Waals surface area contributed by atoms with Crippen molar-refractivity contribution in [3.8, 4) is 0 Å². The maximum absolute atomic E-state index is 8.01. The number of hydrogen-bond acceptors (Lipinski definition) is 5. The standard InChI is InChI=1S/C15H25N5S/c1-5-11-12(6-2)18-19-15(13(11)14(16)17)20-7-8-21-10(4)9(20)3/h9-10H,5-8H2,1-4H3,(H3,16,17). The Hall–Kier alpha value is -1.30. The first-order valence-corrected chi connectivity index (χ1v) is 8.67. The highest BCUT2D eigenvalue weighted by molar-refractivity contribution is 8.00. The Morgan fingerprint density at radius 1 is 1.33 bits per heavy atom. The van der Waals surface area contributed by atoms with Crippen LogP contribution in [0.25, 0.3) is 0 Å². The highest BCUT2D eigenvalue weighted by Crippen LogP contribution is 2.31. The van der Waals surface area contributed by atoms with E-state index >= 15 is 0 Å². The monoisotopic (exact) mass is 307 g/mol. The Morgan fingerprint density at radius 3 is 2.62 bits per heavy atom. The lowest BCUT2D eigenvalue weighted by atomic mass is 10.0. The fraction of sp³-hybridized carbons (Fsp3) is 0.667. The molecule has 116 valence electrons. The second-order valence-corrected chi connectivity index (χ2v) is 6.94. The Balaban J connectivity index is 2.55. The van der Waals surface area contributed by atoms with Gasteiger partial charge in [-0.15, -0.1) is 5.10 Å². The van der Waals surface area contributed by atoms with Crippen molar-refractivity contribution in [1.29, 1.82) is 5.41 Å². The molecule has 0 radical (unpaired) electrons. The first-order valence-electron chi connectivity index (χ1n) is 7.62. The van der Waals surface area contributed by atoms with E-state index in [-0.39, 0.29) is 5.84 Å². The summed E-state index contributed by atoms with van der Waals surface area (Å²) in [6.45, 7) is 9.53. The third kappa shape index (κ3) is 3.00. The number of aryl methyl sites for hydroxylation is 1. The summed E-state index contributed by atoms with van der Waals surface area (Å²) in [5.41, 5.74) is 8.71. The van der Waals surface area contributed by atoms with Gasteiger partial charge in [0.15, 0.2) is 5.82 Å². The van der Waals surface area contributed by atoms with Crippen LogP contribution in [0.3, 0.4) is 0 Å². The summed E-state index contributed by atoms with van der Waals surface area (Å²) in [5.74, 6) is 1.96. The molecule has 0 spiro atoms. The number of nitrogen functional groups attached to an aromatic ring is 1. The van der Waals surface area contributed by atoms with E-state index in [1.807, 2.05) is 11.8 Å². The van der Waals surface area contributed by atoms with Crippen molar-refractivity contribution in [3.05, 3.63) is 16.8 Å². The molecule has 0 saturated carbocycles. The lowest BCUT2D eigenvalue weighted by Gasteiger charge is -2.39. The Morgan fingerprint density at radius 2 is 2.05 bits per heavy atom. The van der Waals surface area contributed by atoms with Crippen molar-refractivity contribution in [3.63, 3.8) is 0 Å². The van der Waals surface area contributed by atoms with Gasteiger partial charge in [0, 0.05) is 23.6 Å². The van der Waals surface area contributed by atoms with Crippen molar-refractivity contribution in [2.45, 2.75) is 51.8 Å². The van der Waals surface area contributed by atoms with Gasteiger partial charge in [0.25, 0.3) is 0 Å². The van der Waals surface area contributed by atoms with E-state index in [1.165, 1.54) is 0 Å². The molecule has 0 aromatic carbocycles. The molecule has 1 aromatic rings. The summed E-state index contributed by atoms with van der Waals surface area (Å²) in [7, 11) is 0. The topological polar surface area (TPSA) is 78.9 Å². The quantitative estimate of drug-likeness (QED) is 0.658. The summed E-state index contributed by atoms with van der Waals surface area (Å²) >= 11 is 1.98. The van der Waals surface area contributed by atoms with Gasteiger partial charge in [-0.05, 0) is 25.3 Å². The van der Waals surface area contributed by atoms with Gasteiger partial charge in [-0.3, -0.25) is 5.41 Å². The Bertz CT molecular complexity index is 531. The zero-order valence-electron chi connectivity index (χ0n) is 13.3. The number of amidine groups is 1. The molecule has 1 fully saturated rings. The highest BCUT2D eigenvalue weighted by atomic mass is 32.2. The largest absolute Gasteiger partial charge is 0.384 e. The third-order valence-electron chi connectivity index (χ3n) is 4.25. The maximum atomic E-state index is 8.01. The fourth-order valence-electron chi connectivity index (χ4n) is 2.88. The molecule has 2 unspecified atom stereocenters. The van der Waals surface area contributed by atoms with Crippen molar-refractivity contribution in [1.82, 2.24) is 10.2 Å². The van der Waals surface area contributed by atoms with Crippen LogP contribution < -0.4 is 10.6 Å². The lowest BCUT2D eigenvalue weighted by Crippen LogP contribution is -2.46. The van der Waals surface area contributed by atoms with E-state index in [9.17, 15) is 0 Å². The molecule has 0 aliphatic carbocycles. The molecule has 1 saturated heterocycles. The molecule has 3 N–H and O–H groups in total. The van der Waals surface area contributed by atoms with E-state index in [0.29, 0.717) is 11.3 Å². The highest BCUT2D eigenvalue weighted by Gasteiger charge is 2.30. The number of rotatable bonds is 4. The number of thioether (sulfide) groups is 1. The van der Waals surface area contributed by atoms with Crippen molar-refractivity contribution >= 4 is 23.4 Å². The minimum absolute atomic E-state index is 0.101. The second-order valence-electron chi connectivity index (χ2n) is 5.45. The van der Waals surface area contributed by atoms with Crippen LogP contribution in [0, 0.1) is 5.41 Å². The summed E-state index contributed by atoms with van der Waals surface area (Å²) in [6.07, 6.45) is 1.64. The van der Waals surface area contributed by atoms with Crippen LogP contribution in [0.1, 0.15) is 44.5 Å². The van der Waals surface area contributed by atoms with Gasteiger partial charge in [-0.1, -0.05) is 20.8 Å². The number of nitrogens with one attached hydrogen (secondary N) is 1. The van der Waals surface area contributed by atoms with Gasteiger partial charge in [-0.2, -0.15) is 16.9 Å². The SMILES string of the molecule is CCc1nnc(N2CCSC(C)C2C)c(C(=N)N)c1CC. The van der Waals surface area contributed by atoms with Crippen LogP contribution >= 0.6 is 11.8 Å². The van der Waals surface area contributed by atoms with Crippen LogP contribution in [0.15, 0.2) is 0 Å². The number of nitrogens with zero attached hydrogens (tertiary/aromatic N) is 3. The van der Waals surface area contributed by atoms with Crippen LogP contribution in [-0.2, 0) is 12.8 Å². The van der Waals surface area contributed by atoms with E-state index in [0.717, 1.165) is 47.8 Å². The summed E-state index contributed by atoms with van der Waals surface area (Å²) in [4.78, 5) is 2.27. The number of hydrogen-bond donors (Lipinski definition) is 2. The minimum atomic E-state index is 0.101.